The normalized spacial score (nSPS) is 10.1. The molecule has 0 aliphatic carbocycles. The lowest BCUT2D eigenvalue weighted by Gasteiger charge is -2.02. The van der Waals surface area contributed by atoms with Crippen molar-refractivity contribution in [3.63, 3.8) is 0 Å². The molecular formula is C11H10N2OS. The Balaban J connectivity index is 2.22. The van der Waals surface area contributed by atoms with Crippen LogP contribution in [0.2, 0.25) is 0 Å². The number of anilines is 1. The summed E-state index contributed by atoms with van der Waals surface area (Å²) >= 11 is 1.52. The Kier molecular flexibility index (Phi) is 2.78. The molecule has 3 nitrogen and oxygen atoms in total. The first kappa shape index (κ1) is 9.86. The molecule has 2 rings (SSSR count). The summed E-state index contributed by atoms with van der Waals surface area (Å²) in [5, 5.41) is 11.0. The van der Waals surface area contributed by atoms with Crippen molar-refractivity contribution in [2.45, 2.75) is 9.79 Å². The van der Waals surface area contributed by atoms with Crippen molar-refractivity contribution in [1.82, 2.24) is 0 Å². The summed E-state index contributed by atoms with van der Waals surface area (Å²) in [6, 6.07) is 11.2. The fourth-order valence-electron chi connectivity index (χ4n) is 1.21. The van der Waals surface area contributed by atoms with Crippen molar-refractivity contribution < 1.29 is 4.73 Å². The van der Waals surface area contributed by atoms with Crippen LogP contribution in [0.25, 0.3) is 0 Å². The van der Waals surface area contributed by atoms with Crippen LogP contribution in [-0.4, -0.2) is 0 Å². The zero-order valence-electron chi connectivity index (χ0n) is 7.96. The van der Waals surface area contributed by atoms with E-state index in [2.05, 4.69) is 0 Å². The summed E-state index contributed by atoms with van der Waals surface area (Å²) in [7, 11) is 0. The zero-order valence-corrected chi connectivity index (χ0v) is 8.78. The molecule has 2 aromatic rings. The molecule has 4 heteroatoms. The van der Waals surface area contributed by atoms with Crippen molar-refractivity contribution in [3.8, 4) is 0 Å². The highest BCUT2D eigenvalue weighted by Gasteiger charge is 2.00. The molecular weight excluding hydrogens is 208 g/mol. The summed E-state index contributed by atoms with van der Waals surface area (Å²) in [4.78, 5) is 1.93. The van der Waals surface area contributed by atoms with Crippen molar-refractivity contribution >= 4 is 17.4 Å². The van der Waals surface area contributed by atoms with Gasteiger partial charge in [0.2, 0.25) is 0 Å². The lowest BCUT2D eigenvalue weighted by molar-refractivity contribution is -0.607. The maximum Gasteiger partial charge on any atom is 0.194 e. The summed E-state index contributed by atoms with van der Waals surface area (Å²) in [6.07, 6.45) is 3.00. The zero-order chi connectivity index (χ0) is 10.7. The third-order valence-electron chi connectivity index (χ3n) is 1.84. The predicted octanol–water partition coefficient (Wildman–Crippen LogP) is 2.05. The minimum absolute atomic E-state index is 0.728. The van der Waals surface area contributed by atoms with Gasteiger partial charge in [0, 0.05) is 16.6 Å². The quantitative estimate of drug-likeness (QED) is 0.477. The molecule has 0 amide bonds. The van der Waals surface area contributed by atoms with E-state index in [1.165, 1.54) is 24.2 Å². The van der Waals surface area contributed by atoms with Gasteiger partial charge in [0.25, 0.3) is 0 Å². The lowest BCUT2D eigenvalue weighted by atomic mass is 10.3. The molecule has 2 N–H and O–H groups in total. The Morgan fingerprint density at radius 2 is 1.93 bits per heavy atom. The molecule has 0 radical (unpaired) electrons. The van der Waals surface area contributed by atoms with Crippen molar-refractivity contribution in [2.24, 2.45) is 0 Å². The van der Waals surface area contributed by atoms with E-state index in [9.17, 15) is 5.21 Å². The first-order chi connectivity index (χ1) is 7.24. The molecule has 0 bridgehead atoms. The van der Waals surface area contributed by atoms with Gasteiger partial charge < -0.3 is 10.9 Å². The van der Waals surface area contributed by atoms with Crippen LogP contribution in [0.15, 0.2) is 58.6 Å². The van der Waals surface area contributed by atoms with E-state index in [1.807, 2.05) is 30.3 Å². The van der Waals surface area contributed by atoms with Gasteiger partial charge in [-0.05, 0) is 24.3 Å². The minimum Gasteiger partial charge on any atom is -0.619 e. The number of hydrogen-bond acceptors (Lipinski definition) is 3. The molecule has 0 fully saturated rings. The van der Waals surface area contributed by atoms with E-state index in [0.29, 0.717) is 0 Å². The molecule has 15 heavy (non-hydrogen) atoms. The van der Waals surface area contributed by atoms with Crippen molar-refractivity contribution in [3.05, 3.63) is 54.0 Å². The molecule has 1 aromatic carbocycles. The van der Waals surface area contributed by atoms with Crippen LogP contribution in [0, 0.1) is 5.21 Å². The molecule has 0 unspecified atom stereocenters. The Morgan fingerprint density at radius 3 is 2.67 bits per heavy atom. The molecule has 0 atom stereocenters. The Morgan fingerprint density at radius 1 is 1.13 bits per heavy atom. The number of nitrogens with zero attached hydrogens (tertiary/aromatic N) is 1. The number of rotatable bonds is 2. The van der Waals surface area contributed by atoms with Crippen LogP contribution in [-0.2, 0) is 0 Å². The number of nitrogens with two attached hydrogens (primary N) is 1. The van der Waals surface area contributed by atoms with Gasteiger partial charge in [-0.1, -0.05) is 17.8 Å². The van der Waals surface area contributed by atoms with Gasteiger partial charge in [0.1, 0.15) is 0 Å². The third-order valence-corrected chi connectivity index (χ3v) is 2.81. The molecule has 0 aliphatic heterocycles. The first-order valence-electron chi connectivity index (χ1n) is 4.46. The largest absolute Gasteiger partial charge is 0.619 e. The fraction of sp³-hybridized carbons (Fsp3) is 0. The van der Waals surface area contributed by atoms with Crippen LogP contribution >= 0.6 is 11.8 Å². The standard InChI is InChI=1S/C11H10N2OS/c12-9-3-1-4-10(7-9)15-11-5-2-6-13(14)8-11/h1-8H,12H2. The predicted molar refractivity (Wildman–Crippen MR) is 60.4 cm³/mol. The van der Waals surface area contributed by atoms with Gasteiger partial charge in [-0.25, -0.2) is 0 Å². The maximum atomic E-state index is 11.0. The van der Waals surface area contributed by atoms with E-state index in [1.54, 1.807) is 6.07 Å². The van der Waals surface area contributed by atoms with Crippen molar-refractivity contribution in [2.75, 3.05) is 5.73 Å². The molecule has 0 aliphatic rings. The highest BCUT2D eigenvalue weighted by Crippen LogP contribution is 2.27. The number of nitrogen functional groups attached to an aromatic ring is 1. The maximum absolute atomic E-state index is 11.0. The van der Waals surface area contributed by atoms with Gasteiger partial charge in [-0.3, -0.25) is 0 Å². The van der Waals surface area contributed by atoms with Gasteiger partial charge in [-0.2, -0.15) is 4.73 Å². The van der Waals surface area contributed by atoms with Gasteiger partial charge in [0.05, 0.1) is 4.90 Å². The number of pyridine rings is 1. The second-order valence-corrected chi connectivity index (χ2v) is 4.22. The van der Waals surface area contributed by atoms with Gasteiger partial charge >= 0.3 is 0 Å². The summed E-state index contributed by atoms with van der Waals surface area (Å²) in [5.74, 6) is 0. The SMILES string of the molecule is Nc1cccc(Sc2ccc[n+]([O-])c2)c1. The second-order valence-electron chi connectivity index (χ2n) is 3.07. The average molecular weight is 218 g/mol. The third kappa shape index (κ3) is 2.63. The number of hydrogen-bond donors (Lipinski definition) is 1. The van der Waals surface area contributed by atoms with Crippen molar-refractivity contribution in [1.29, 1.82) is 0 Å². The molecule has 1 aromatic heterocycles. The first-order valence-corrected chi connectivity index (χ1v) is 5.28. The van der Waals surface area contributed by atoms with E-state index in [-0.39, 0.29) is 0 Å². The molecule has 76 valence electrons. The smallest absolute Gasteiger partial charge is 0.194 e. The Bertz CT molecular complexity index is 430. The van der Waals surface area contributed by atoms with Gasteiger partial charge in [0.15, 0.2) is 12.4 Å². The van der Waals surface area contributed by atoms with E-state index >= 15 is 0 Å². The van der Waals surface area contributed by atoms with E-state index in [0.717, 1.165) is 20.2 Å². The van der Waals surface area contributed by atoms with Crippen LogP contribution in [0.4, 0.5) is 5.69 Å². The average Bonchev–Trinajstić information content (AvgIpc) is 2.17. The molecule has 1 heterocycles. The monoisotopic (exact) mass is 218 g/mol. The van der Waals surface area contributed by atoms with Crippen LogP contribution in [0.1, 0.15) is 0 Å². The minimum atomic E-state index is 0.728. The number of aromatic nitrogens is 1. The van der Waals surface area contributed by atoms with Crippen LogP contribution < -0.4 is 10.5 Å². The summed E-state index contributed by atoms with van der Waals surface area (Å²) < 4.78 is 0.786. The van der Waals surface area contributed by atoms with E-state index in [4.69, 9.17) is 5.73 Å². The summed E-state index contributed by atoms with van der Waals surface area (Å²) in [6.45, 7) is 0. The Labute approximate surface area is 92.1 Å². The van der Waals surface area contributed by atoms with E-state index < -0.39 is 0 Å². The van der Waals surface area contributed by atoms with Gasteiger partial charge in [-0.15, -0.1) is 0 Å². The summed E-state index contributed by atoms with van der Waals surface area (Å²) in [5.41, 5.74) is 6.39. The molecule has 0 saturated carbocycles. The van der Waals surface area contributed by atoms with Crippen LogP contribution in [0.3, 0.4) is 0 Å². The highest BCUT2D eigenvalue weighted by molar-refractivity contribution is 7.99. The highest BCUT2D eigenvalue weighted by atomic mass is 32.2. The topological polar surface area (TPSA) is 53.0 Å². The Hall–Kier alpha value is -1.68. The molecule has 0 spiro atoms. The molecule has 0 saturated heterocycles. The fourth-order valence-corrected chi connectivity index (χ4v) is 2.13. The van der Waals surface area contributed by atoms with Crippen LogP contribution in [0.5, 0.6) is 0 Å². The number of benzene rings is 1. The second kappa shape index (κ2) is 4.23. The lowest BCUT2D eigenvalue weighted by Crippen LogP contribution is -2.23.